The Morgan fingerprint density at radius 1 is 0.561 bits per heavy atom. The van der Waals surface area contributed by atoms with Crippen LogP contribution in [0.25, 0.3) is 0 Å². The largest absolute Gasteiger partial charge is 0.355 e. The third-order valence-electron chi connectivity index (χ3n) is 10.8. The third kappa shape index (κ3) is 10.6. The Morgan fingerprint density at radius 2 is 0.947 bits per heavy atom. The standard InChI is InChI=1S/C39H52N12O6/c1-50-20-28(48-36(54)30-12-26(18-42-30)44-34(52)16-40)14-32(50)38(56)46-24-7-3-22(4-8-24)11-23-5-9-25(10-6-23)47-39(57)33-15-29(21-51(33)2)49-37(55)31-13-27(19-43-31)45-35(53)17-41/h12-15,18-25,42-43H,3-11,16-17,40-41H2,1-2H3,(H,44,52)(H,45,53)(H,46,56)(H,47,57)(H,48,54)(H,49,55). The van der Waals surface area contributed by atoms with Gasteiger partial charge in [-0.15, -0.1) is 0 Å². The number of amides is 6. The van der Waals surface area contributed by atoms with Crippen LogP contribution in [-0.2, 0) is 23.7 Å². The van der Waals surface area contributed by atoms with Gasteiger partial charge in [-0.25, -0.2) is 0 Å². The van der Waals surface area contributed by atoms with Crippen LogP contribution in [0.1, 0.15) is 99.7 Å². The number of nitrogens with one attached hydrogen (secondary N) is 8. The van der Waals surface area contributed by atoms with Gasteiger partial charge in [-0.1, -0.05) is 0 Å². The number of H-pyrrole nitrogens is 2. The van der Waals surface area contributed by atoms with Crippen LogP contribution in [0.3, 0.4) is 0 Å². The highest BCUT2D eigenvalue weighted by molar-refractivity contribution is 6.06. The molecule has 4 heterocycles. The number of aromatic amines is 2. The molecule has 18 heteroatoms. The van der Waals surface area contributed by atoms with Crippen LogP contribution in [0, 0.1) is 11.8 Å². The maximum Gasteiger partial charge on any atom is 0.272 e. The van der Waals surface area contributed by atoms with Crippen molar-refractivity contribution in [3.05, 3.63) is 71.8 Å². The van der Waals surface area contributed by atoms with Crippen LogP contribution >= 0.6 is 0 Å². The maximum absolute atomic E-state index is 13.2. The van der Waals surface area contributed by atoms with Gasteiger partial charge in [0.25, 0.3) is 23.6 Å². The Labute approximate surface area is 329 Å². The molecule has 0 spiro atoms. The van der Waals surface area contributed by atoms with E-state index < -0.39 is 11.8 Å². The highest BCUT2D eigenvalue weighted by Gasteiger charge is 2.29. The molecule has 2 aliphatic carbocycles. The van der Waals surface area contributed by atoms with Crippen LogP contribution in [0.4, 0.5) is 22.7 Å². The van der Waals surface area contributed by atoms with E-state index in [2.05, 4.69) is 41.9 Å². The summed E-state index contributed by atoms with van der Waals surface area (Å²) in [6.07, 6.45) is 15.3. The quantitative estimate of drug-likeness (QED) is 0.0906. The van der Waals surface area contributed by atoms with Crippen molar-refractivity contribution >= 4 is 58.2 Å². The Bertz CT molecular complexity index is 1950. The van der Waals surface area contributed by atoms with E-state index in [1.807, 2.05) is 0 Å². The number of hydrogen-bond acceptors (Lipinski definition) is 8. The molecular formula is C39H52N12O6. The number of nitrogens with two attached hydrogens (primary N) is 2. The lowest BCUT2D eigenvalue weighted by molar-refractivity contribution is -0.115. The molecule has 57 heavy (non-hydrogen) atoms. The monoisotopic (exact) mass is 784 g/mol. The smallest absolute Gasteiger partial charge is 0.272 e. The van der Waals surface area contributed by atoms with Crippen molar-refractivity contribution in [1.29, 1.82) is 0 Å². The second kappa shape index (κ2) is 18.2. The number of carbonyl (C=O) groups is 6. The fraction of sp³-hybridized carbons (Fsp3) is 0.436. The van der Waals surface area contributed by atoms with Gasteiger partial charge in [-0.3, -0.25) is 28.8 Å². The van der Waals surface area contributed by atoms with Crippen molar-refractivity contribution in [2.75, 3.05) is 34.4 Å². The molecule has 12 N–H and O–H groups in total. The van der Waals surface area contributed by atoms with Gasteiger partial charge in [-0.2, -0.15) is 0 Å². The summed E-state index contributed by atoms with van der Waals surface area (Å²) in [4.78, 5) is 80.6. The number of nitrogens with zero attached hydrogens (tertiary/aromatic N) is 2. The summed E-state index contributed by atoms with van der Waals surface area (Å²) >= 11 is 0. The summed E-state index contributed by atoms with van der Waals surface area (Å²) in [7, 11) is 3.52. The fourth-order valence-corrected chi connectivity index (χ4v) is 7.81. The van der Waals surface area contributed by atoms with Gasteiger partial charge in [-0.05, 0) is 93.9 Å². The van der Waals surface area contributed by atoms with Crippen LogP contribution < -0.4 is 43.4 Å². The number of carbonyl (C=O) groups excluding carboxylic acids is 6. The van der Waals surface area contributed by atoms with Crippen molar-refractivity contribution in [1.82, 2.24) is 29.7 Å². The zero-order chi connectivity index (χ0) is 40.6. The molecule has 4 aromatic rings. The fourth-order valence-electron chi connectivity index (χ4n) is 7.81. The van der Waals surface area contributed by atoms with Crippen molar-refractivity contribution in [3.63, 3.8) is 0 Å². The first-order chi connectivity index (χ1) is 27.4. The van der Waals surface area contributed by atoms with E-state index in [0.717, 1.165) is 57.8 Å². The van der Waals surface area contributed by atoms with Crippen molar-refractivity contribution in [3.8, 4) is 0 Å². The van der Waals surface area contributed by atoms with Gasteiger partial charge in [0.15, 0.2) is 0 Å². The third-order valence-corrected chi connectivity index (χ3v) is 10.8. The van der Waals surface area contributed by atoms with Gasteiger partial charge in [0.05, 0.1) is 35.8 Å². The SMILES string of the molecule is Cn1cc(NC(=O)c2cc(NC(=O)CN)c[nH]2)cc1C(=O)NC1CCC(CC2CCC(NC(=O)c3cc(NC(=O)c4cc(NC(=O)CN)c[nH]4)cn3C)CC2)CC1. The van der Waals surface area contributed by atoms with Gasteiger partial charge in [0, 0.05) is 51.0 Å². The molecule has 0 unspecified atom stereocenters. The summed E-state index contributed by atoms with van der Waals surface area (Å²) in [6.45, 7) is -0.334. The van der Waals surface area contributed by atoms with Crippen molar-refractivity contribution in [2.45, 2.75) is 69.9 Å². The molecule has 6 amide bonds. The highest BCUT2D eigenvalue weighted by Crippen LogP contribution is 2.36. The lowest BCUT2D eigenvalue weighted by Gasteiger charge is -2.34. The molecule has 304 valence electrons. The average molecular weight is 785 g/mol. The predicted molar refractivity (Wildman–Crippen MR) is 215 cm³/mol. The summed E-state index contributed by atoms with van der Waals surface area (Å²) in [6, 6.07) is 6.46. The normalized spacial score (nSPS) is 19.3. The van der Waals surface area contributed by atoms with Gasteiger partial charge in [0.2, 0.25) is 11.8 Å². The lowest BCUT2D eigenvalue weighted by Crippen LogP contribution is -2.39. The van der Waals surface area contributed by atoms with E-state index in [9.17, 15) is 28.8 Å². The van der Waals surface area contributed by atoms with Crippen molar-refractivity contribution in [2.24, 2.45) is 37.4 Å². The number of aromatic nitrogens is 4. The van der Waals surface area contributed by atoms with E-state index in [1.54, 1.807) is 47.8 Å². The second-order valence-corrected chi connectivity index (χ2v) is 15.1. The first kappa shape index (κ1) is 40.5. The molecule has 0 aromatic carbocycles. The average Bonchev–Trinajstić information content (AvgIpc) is 4.01. The van der Waals surface area contributed by atoms with E-state index in [0.29, 0.717) is 46.0 Å². The van der Waals surface area contributed by atoms with Crippen LogP contribution in [0.5, 0.6) is 0 Å². The van der Waals surface area contributed by atoms with E-state index in [-0.39, 0.29) is 60.2 Å². The summed E-state index contributed by atoms with van der Waals surface area (Å²) in [5.74, 6) is -0.740. The molecule has 6 rings (SSSR count). The molecule has 2 fully saturated rings. The molecule has 18 nitrogen and oxygen atoms in total. The molecule has 0 saturated heterocycles. The summed E-state index contributed by atoms with van der Waals surface area (Å²) < 4.78 is 3.37. The molecule has 4 aromatic heterocycles. The molecule has 2 aliphatic rings. The zero-order valence-electron chi connectivity index (χ0n) is 32.2. The van der Waals surface area contributed by atoms with Gasteiger partial charge in [0.1, 0.15) is 22.8 Å². The lowest BCUT2D eigenvalue weighted by atomic mass is 9.75. The van der Waals surface area contributed by atoms with E-state index >= 15 is 0 Å². The number of anilines is 4. The Morgan fingerprint density at radius 3 is 1.32 bits per heavy atom. The number of aryl methyl sites for hydroxylation is 2. The Kier molecular flexibility index (Phi) is 12.9. The summed E-state index contributed by atoms with van der Waals surface area (Å²) in [5, 5.41) is 17.1. The van der Waals surface area contributed by atoms with Crippen LogP contribution in [0.2, 0.25) is 0 Å². The Balaban J connectivity index is 0.890. The predicted octanol–water partition coefficient (Wildman–Crippen LogP) is 2.99. The first-order valence-electron chi connectivity index (χ1n) is 19.3. The molecule has 0 aliphatic heterocycles. The molecule has 0 atom stereocenters. The topological polar surface area (TPSA) is 268 Å². The van der Waals surface area contributed by atoms with Crippen molar-refractivity contribution < 1.29 is 28.8 Å². The maximum atomic E-state index is 13.2. The van der Waals surface area contributed by atoms with Crippen LogP contribution in [0.15, 0.2) is 49.1 Å². The van der Waals surface area contributed by atoms with E-state index in [4.69, 9.17) is 11.5 Å². The molecular weight excluding hydrogens is 733 g/mol. The second-order valence-electron chi connectivity index (χ2n) is 15.1. The molecule has 0 bridgehead atoms. The minimum atomic E-state index is -0.412. The number of rotatable bonds is 14. The minimum Gasteiger partial charge on any atom is -0.355 e. The first-order valence-corrected chi connectivity index (χ1v) is 19.3. The number of hydrogen-bond donors (Lipinski definition) is 10. The highest BCUT2D eigenvalue weighted by atomic mass is 16.2. The van der Waals surface area contributed by atoms with Gasteiger partial charge >= 0.3 is 0 Å². The van der Waals surface area contributed by atoms with Gasteiger partial charge < -0.3 is 62.5 Å². The van der Waals surface area contributed by atoms with E-state index in [1.165, 1.54) is 24.5 Å². The Hall–Kier alpha value is -6.14. The molecule has 0 radical (unpaired) electrons. The van der Waals surface area contributed by atoms with Crippen LogP contribution in [-0.4, -0.2) is 79.7 Å². The zero-order valence-corrected chi connectivity index (χ0v) is 32.2. The molecule has 2 saturated carbocycles. The summed E-state index contributed by atoms with van der Waals surface area (Å²) in [5.41, 5.74) is 13.8. The minimum absolute atomic E-state index is 0.0807.